The number of nitrogens with one attached hydrogen (secondary N) is 1. The van der Waals surface area contributed by atoms with Gasteiger partial charge in [-0.3, -0.25) is 4.90 Å². The molecule has 32 heavy (non-hydrogen) atoms. The zero-order valence-corrected chi connectivity index (χ0v) is 19.7. The molecule has 1 unspecified atom stereocenters. The second-order valence-corrected chi connectivity index (χ2v) is 10.5. The van der Waals surface area contributed by atoms with Gasteiger partial charge in [0.2, 0.25) is 0 Å². The summed E-state index contributed by atoms with van der Waals surface area (Å²) in [7, 11) is 1.67. The van der Waals surface area contributed by atoms with Gasteiger partial charge >= 0.3 is 6.09 Å². The van der Waals surface area contributed by atoms with Gasteiger partial charge in [-0.15, -0.1) is 0 Å². The second-order valence-electron chi connectivity index (χ2n) is 10.1. The number of amides is 1. The third-order valence-electron chi connectivity index (χ3n) is 7.47. The molecule has 5 nitrogen and oxygen atoms in total. The Morgan fingerprint density at radius 2 is 1.94 bits per heavy atom. The maximum Gasteiger partial charge on any atom is 0.407 e. The van der Waals surface area contributed by atoms with E-state index >= 15 is 0 Å². The molecule has 1 aliphatic carbocycles. The number of methoxy groups -OCH3 is 1. The van der Waals surface area contributed by atoms with E-state index in [2.05, 4.69) is 42.3 Å². The number of piperidine rings is 3. The van der Waals surface area contributed by atoms with E-state index in [1.165, 1.54) is 5.56 Å². The molecule has 0 aromatic heterocycles. The van der Waals surface area contributed by atoms with Gasteiger partial charge < -0.3 is 14.8 Å². The van der Waals surface area contributed by atoms with Gasteiger partial charge in [0.15, 0.2) is 0 Å². The molecule has 2 bridgehead atoms. The molecular formula is C26H31ClN2O3. The minimum atomic E-state index is -0.296. The van der Waals surface area contributed by atoms with Gasteiger partial charge in [-0.1, -0.05) is 43.6 Å². The first-order chi connectivity index (χ1) is 15.3. The summed E-state index contributed by atoms with van der Waals surface area (Å²) in [5, 5.41) is 3.88. The van der Waals surface area contributed by atoms with E-state index in [4.69, 9.17) is 21.1 Å². The van der Waals surface area contributed by atoms with Crippen molar-refractivity contribution in [3.05, 3.63) is 52.5 Å². The summed E-state index contributed by atoms with van der Waals surface area (Å²) in [5.41, 5.74) is 4.33. The summed E-state index contributed by atoms with van der Waals surface area (Å²) in [4.78, 5) is 15.3. The summed E-state index contributed by atoms with van der Waals surface area (Å²) >= 11 is 6.25. The molecule has 2 aromatic carbocycles. The molecule has 6 rings (SSSR count). The van der Waals surface area contributed by atoms with Crippen LogP contribution in [0, 0.1) is 11.3 Å². The largest absolute Gasteiger partial charge is 0.496 e. The first-order valence-corrected chi connectivity index (χ1v) is 11.9. The van der Waals surface area contributed by atoms with Crippen LogP contribution in [0.2, 0.25) is 5.02 Å². The smallest absolute Gasteiger partial charge is 0.407 e. The molecule has 3 saturated heterocycles. The number of fused-ring (bicyclic) bond motifs is 4. The fourth-order valence-corrected chi connectivity index (χ4v) is 5.91. The molecule has 0 spiro atoms. The maximum atomic E-state index is 12.9. The van der Waals surface area contributed by atoms with Crippen LogP contribution >= 0.6 is 11.6 Å². The summed E-state index contributed by atoms with van der Waals surface area (Å²) in [5.74, 6) is 1.30. The highest BCUT2D eigenvalue weighted by Crippen LogP contribution is 2.47. The van der Waals surface area contributed by atoms with Crippen molar-refractivity contribution < 1.29 is 14.3 Å². The maximum absolute atomic E-state index is 12.9. The molecule has 3 heterocycles. The molecule has 0 saturated carbocycles. The minimum Gasteiger partial charge on any atom is -0.496 e. The second kappa shape index (κ2) is 8.27. The van der Waals surface area contributed by atoms with Crippen LogP contribution in [0.15, 0.2) is 36.4 Å². The Morgan fingerprint density at radius 3 is 2.62 bits per heavy atom. The van der Waals surface area contributed by atoms with Crippen molar-refractivity contribution in [1.82, 2.24) is 10.2 Å². The number of hydrogen-bond acceptors (Lipinski definition) is 4. The number of alkyl carbamates (subject to hydrolysis) is 1. The molecule has 4 aliphatic rings. The van der Waals surface area contributed by atoms with Crippen LogP contribution in [0.25, 0.3) is 11.1 Å². The standard InChI is InChI=1S/C26H31ClN2O3/c1-26(2)14-18-12-17(21-13-19(27)5-7-22(21)31-3)4-6-20(18)24(26)28-25(30)32-23-15-29-10-8-16(23)9-11-29/h4-7,12-13,16,23-24H,8-11,14-15H2,1-3H3,(H,28,30)/t23-,24?/m1/s1. The Morgan fingerprint density at radius 1 is 1.16 bits per heavy atom. The average Bonchev–Trinajstić information content (AvgIpc) is 3.03. The van der Waals surface area contributed by atoms with Gasteiger partial charge in [0.05, 0.1) is 13.2 Å². The lowest BCUT2D eigenvalue weighted by molar-refractivity contribution is -0.0348. The van der Waals surface area contributed by atoms with Crippen molar-refractivity contribution in [3.8, 4) is 16.9 Å². The highest BCUT2D eigenvalue weighted by Gasteiger charge is 2.42. The molecule has 3 fully saturated rings. The summed E-state index contributed by atoms with van der Waals surface area (Å²) in [6, 6.07) is 12.0. The first-order valence-electron chi connectivity index (χ1n) is 11.5. The van der Waals surface area contributed by atoms with Crippen LogP contribution < -0.4 is 10.1 Å². The van der Waals surface area contributed by atoms with Crippen LogP contribution in [-0.4, -0.2) is 43.8 Å². The van der Waals surface area contributed by atoms with E-state index < -0.39 is 0 Å². The third-order valence-corrected chi connectivity index (χ3v) is 7.71. The Kier molecular flexibility index (Phi) is 5.58. The molecule has 170 valence electrons. The predicted octanol–water partition coefficient (Wildman–Crippen LogP) is 5.46. The summed E-state index contributed by atoms with van der Waals surface area (Å²) in [6.45, 7) is 7.54. The topological polar surface area (TPSA) is 50.8 Å². The Balaban J connectivity index is 1.36. The summed E-state index contributed by atoms with van der Waals surface area (Å²) < 4.78 is 11.5. The SMILES string of the molecule is COc1ccc(Cl)cc1-c1ccc2c(c1)CC(C)(C)C2NC(=O)O[C@@H]1CN2CCC1CC2. The van der Waals surface area contributed by atoms with E-state index in [1.807, 2.05) is 18.2 Å². The van der Waals surface area contributed by atoms with Crippen molar-refractivity contribution in [3.63, 3.8) is 0 Å². The lowest BCUT2D eigenvalue weighted by atomic mass is 9.85. The number of hydrogen-bond donors (Lipinski definition) is 1. The lowest BCUT2D eigenvalue weighted by Gasteiger charge is -2.44. The number of nitrogens with zero attached hydrogens (tertiary/aromatic N) is 1. The van der Waals surface area contributed by atoms with E-state index in [0.717, 1.165) is 61.3 Å². The van der Waals surface area contributed by atoms with E-state index in [1.54, 1.807) is 7.11 Å². The van der Waals surface area contributed by atoms with Crippen molar-refractivity contribution in [2.75, 3.05) is 26.7 Å². The molecule has 2 aromatic rings. The Bertz CT molecular complexity index is 1030. The third kappa shape index (κ3) is 3.97. The number of halogens is 1. The van der Waals surface area contributed by atoms with Crippen LogP contribution in [0.1, 0.15) is 43.9 Å². The number of benzene rings is 2. The van der Waals surface area contributed by atoms with Gasteiger partial charge in [-0.2, -0.15) is 0 Å². The van der Waals surface area contributed by atoms with Gasteiger partial charge in [-0.05, 0) is 78.6 Å². The summed E-state index contributed by atoms with van der Waals surface area (Å²) in [6.07, 6.45) is 2.86. The zero-order chi connectivity index (χ0) is 22.5. The van der Waals surface area contributed by atoms with E-state index in [9.17, 15) is 4.79 Å². The normalized spacial score (nSPS) is 27.6. The van der Waals surface area contributed by atoms with Crippen molar-refractivity contribution >= 4 is 17.7 Å². The minimum absolute atomic E-state index is 0.0131. The van der Waals surface area contributed by atoms with Crippen molar-refractivity contribution in [1.29, 1.82) is 0 Å². The van der Waals surface area contributed by atoms with Gasteiger partial charge in [0.25, 0.3) is 0 Å². The van der Waals surface area contributed by atoms with Gasteiger partial charge in [0, 0.05) is 17.1 Å². The number of rotatable bonds is 4. The van der Waals surface area contributed by atoms with Crippen LogP contribution in [0.4, 0.5) is 4.79 Å². The fraction of sp³-hybridized carbons (Fsp3) is 0.500. The number of carbonyl (C=O) groups is 1. The number of ether oxygens (including phenoxy) is 2. The molecule has 2 atom stereocenters. The fourth-order valence-electron chi connectivity index (χ4n) is 5.73. The zero-order valence-electron chi connectivity index (χ0n) is 19.0. The van der Waals surface area contributed by atoms with Crippen LogP contribution in [0.3, 0.4) is 0 Å². The lowest BCUT2D eigenvalue weighted by Crippen LogP contribution is -2.53. The molecule has 1 N–H and O–H groups in total. The predicted molar refractivity (Wildman–Crippen MR) is 126 cm³/mol. The average molecular weight is 455 g/mol. The molecular weight excluding hydrogens is 424 g/mol. The van der Waals surface area contributed by atoms with E-state index in [0.29, 0.717) is 10.9 Å². The van der Waals surface area contributed by atoms with E-state index in [-0.39, 0.29) is 23.7 Å². The van der Waals surface area contributed by atoms with Crippen molar-refractivity contribution in [2.24, 2.45) is 11.3 Å². The van der Waals surface area contributed by atoms with Crippen molar-refractivity contribution in [2.45, 2.75) is 45.3 Å². The number of carbonyl (C=O) groups excluding carboxylic acids is 1. The first kappa shape index (κ1) is 21.6. The van der Waals surface area contributed by atoms with Crippen LogP contribution in [0.5, 0.6) is 5.75 Å². The quantitative estimate of drug-likeness (QED) is 0.666. The molecule has 3 aliphatic heterocycles. The highest BCUT2D eigenvalue weighted by molar-refractivity contribution is 6.31. The highest BCUT2D eigenvalue weighted by atomic mass is 35.5. The molecule has 0 radical (unpaired) electrons. The molecule has 6 heteroatoms. The Hall–Kier alpha value is -2.24. The van der Waals surface area contributed by atoms with Crippen LogP contribution in [-0.2, 0) is 11.2 Å². The van der Waals surface area contributed by atoms with Gasteiger partial charge in [-0.25, -0.2) is 4.79 Å². The van der Waals surface area contributed by atoms with Gasteiger partial charge in [0.1, 0.15) is 11.9 Å². The Labute approximate surface area is 195 Å². The monoisotopic (exact) mass is 454 g/mol. The molecule has 1 amide bonds.